The first-order chi connectivity index (χ1) is 12.3. The standard InChI is InChI=1S/C17H18N4O5/c1-17(2,26-3)16(12-7-5-4-6-8-12)19-18-14-10-9-13(20(22)23)11-15(14)21(24)25/h4-11,18H,1-3H3/b19-16+. The van der Waals surface area contributed by atoms with Gasteiger partial charge in [-0.3, -0.25) is 25.7 Å². The van der Waals surface area contributed by atoms with E-state index in [-0.39, 0.29) is 11.4 Å². The van der Waals surface area contributed by atoms with Crippen molar-refractivity contribution in [1.29, 1.82) is 0 Å². The summed E-state index contributed by atoms with van der Waals surface area (Å²) in [6.45, 7) is 3.62. The van der Waals surface area contributed by atoms with Crippen LogP contribution in [0.3, 0.4) is 0 Å². The number of nitro benzene ring substituents is 2. The minimum atomic E-state index is -0.774. The molecule has 2 aromatic rings. The zero-order valence-electron chi connectivity index (χ0n) is 14.5. The van der Waals surface area contributed by atoms with Crippen LogP contribution in [0.4, 0.5) is 17.1 Å². The Morgan fingerprint density at radius 1 is 1.08 bits per heavy atom. The lowest BCUT2D eigenvalue weighted by Gasteiger charge is -2.25. The van der Waals surface area contributed by atoms with Gasteiger partial charge in [-0.1, -0.05) is 30.3 Å². The molecule has 0 aliphatic heterocycles. The molecule has 0 spiro atoms. The van der Waals surface area contributed by atoms with Crippen LogP contribution in [0.2, 0.25) is 0 Å². The highest BCUT2D eigenvalue weighted by atomic mass is 16.6. The first-order valence-corrected chi connectivity index (χ1v) is 7.64. The number of rotatable bonds is 7. The van der Waals surface area contributed by atoms with E-state index < -0.39 is 21.1 Å². The highest BCUT2D eigenvalue weighted by Crippen LogP contribution is 2.29. The molecule has 1 N–H and O–H groups in total. The molecule has 26 heavy (non-hydrogen) atoms. The average molecular weight is 358 g/mol. The topological polar surface area (TPSA) is 120 Å². The van der Waals surface area contributed by atoms with Crippen LogP contribution in [0.1, 0.15) is 19.4 Å². The molecule has 0 fully saturated rings. The van der Waals surface area contributed by atoms with Crippen molar-refractivity contribution < 1.29 is 14.6 Å². The first kappa shape index (κ1) is 19.0. The van der Waals surface area contributed by atoms with Crippen LogP contribution < -0.4 is 5.43 Å². The number of nitro groups is 2. The third-order valence-electron chi connectivity index (χ3n) is 3.80. The second kappa shape index (κ2) is 7.70. The molecular weight excluding hydrogens is 340 g/mol. The quantitative estimate of drug-likeness (QED) is 0.457. The van der Waals surface area contributed by atoms with Crippen molar-refractivity contribution in [3.05, 3.63) is 74.3 Å². The SMILES string of the molecule is COC(C)(C)/C(=N/Nc1ccc([N+](=O)[O-])cc1[N+](=O)[O-])c1ccccc1. The highest BCUT2D eigenvalue weighted by molar-refractivity contribution is 6.06. The number of hydrazone groups is 1. The molecule has 2 aromatic carbocycles. The Hall–Kier alpha value is -3.33. The van der Waals surface area contributed by atoms with Gasteiger partial charge in [-0.15, -0.1) is 0 Å². The summed E-state index contributed by atoms with van der Waals surface area (Å²) < 4.78 is 5.48. The summed E-state index contributed by atoms with van der Waals surface area (Å²) >= 11 is 0. The van der Waals surface area contributed by atoms with Crippen LogP contribution in [0.25, 0.3) is 0 Å². The fourth-order valence-corrected chi connectivity index (χ4v) is 2.23. The molecule has 0 aromatic heterocycles. The van der Waals surface area contributed by atoms with E-state index in [0.29, 0.717) is 5.71 Å². The summed E-state index contributed by atoms with van der Waals surface area (Å²) in [4.78, 5) is 20.7. The van der Waals surface area contributed by atoms with Crippen LogP contribution in [-0.4, -0.2) is 28.3 Å². The molecular formula is C17H18N4O5. The second-order valence-electron chi connectivity index (χ2n) is 5.87. The largest absolute Gasteiger partial charge is 0.372 e. The lowest BCUT2D eigenvalue weighted by Crippen LogP contribution is -2.35. The van der Waals surface area contributed by atoms with Crippen molar-refractivity contribution in [3.63, 3.8) is 0 Å². The monoisotopic (exact) mass is 358 g/mol. The highest BCUT2D eigenvalue weighted by Gasteiger charge is 2.27. The summed E-state index contributed by atoms with van der Waals surface area (Å²) in [5.41, 5.74) is 2.40. The average Bonchev–Trinajstić information content (AvgIpc) is 2.62. The molecule has 0 aliphatic rings. The third kappa shape index (κ3) is 4.19. The molecule has 0 saturated heterocycles. The van der Waals surface area contributed by atoms with Gasteiger partial charge in [0.2, 0.25) is 0 Å². The van der Waals surface area contributed by atoms with E-state index in [9.17, 15) is 20.2 Å². The fourth-order valence-electron chi connectivity index (χ4n) is 2.23. The number of methoxy groups -OCH3 is 1. The molecule has 0 radical (unpaired) electrons. The van der Waals surface area contributed by atoms with Gasteiger partial charge in [-0.25, -0.2) is 0 Å². The summed E-state index contributed by atoms with van der Waals surface area (Å²) in [5, 5.41) is 26.4. The van der Waals surface area contributed by atoms with Gasteiger partial charge in [-0.05, 0) is 19.9 Å². The van der Waals surface area contributed by atoms with Crippen LogP contribution in [0.5, 0.6) is 0 Å². The van der Waals surface area contributed by atoms with Gasteiger partial charge >= 0.3 is 5.69 Å². The third-order valence-corrected chi connectivity index (χ3v) is 3.80. The zero-order chi connectivity index (χ0) is 19.3. The summed E-state index contributed by atoms with van der Waals surface area (Å²) in [6, 6.07) is 12.5. The maximum absolute atomic E-state index is 11.2. The Balaban J connectivity index is 2.47. The normalized spacial score (nSPS) is 11.9. The van der Waals surface area contributed by atoms with Crippen LogP contribution in [-0.2, 0) is 4.74 Å². The molecule has 136 valence electrons. The fraction of sp³-hybridized carbons (Fsp3) is 0.235. The van der Waals surface area contributed by atoms with Crippen LogP contribution in [0.15, 0.2) is 53.6 Å². The minimum absolute atomic E-state index is 0.0425. The van der Waals surface area contributed by atoms with Gasteiger partial charge in [-0.2, -0.15) is 5.10 Å². The molecule has 9 nitrogen and oxygen atoms in total. The van der Waals surface area contributed by atoms with E-state index in [0.717, 1.165) is 11.6 Å². The summed E-state index contributed by atoms with van der Waals surface area (Å²) in [6.07, 6.45) is 0. The number of hydrogen-bond acceptors (Lipinski definition) is 7. The number of non-ortho nitro benzene ring substituents is 1. The van der Waals surface area contributed by atoms with E-state index in [1.54, 1.807) is 0 Å². The second-order valence-corrected chi connectivity index (χ2v) is 5.87. The van der Waals surface area contributed by atoms with E-state index in [2.05, 4.69) is 10.5 Å². The smallest absolute Gasteiger partial charge is 0.301 e. The van der Waals surface area contributed by atoms with Gasteiger partial charge in [0.05, 0.1) is 21.6 Å². The van der Waals surface area contributed by atoms with E-state index in [1.165, 1.54) is 19.2 Å². The molecule has 0 bridgehead atoms. The van der Waals surface area contributed by atoms with Crippen molar-refractivity contribution >= 4 is 22.8 Å². The summed E-state index contributed by atoms with van der Waals surface area (Å²) in [5.74, 6) is 0. The Morgan fingerprint density at radius 2 is 1.73 bits per heavy atom. The van der Waals surface area contributed by atoms with Crippen molar-refractivity contribution in [2.75, 3.05) is 12.5 Å². The maximum Gasteiger partial charge on any atom is 0.301 e. The van der Waals surface area contributed by atoms with Crippen LogP contribution in [0, 0.1) is 20.2 Å². The van der Waals surface area contributed by atoms with Crippen molar-refractivity contribution in [1.82, 2.24) is 0 Å². The number of benzene rings is 2. The molecule has 0 amide bonds. The predicted octanol–water partition coefficient (Wildman–Crippen LogP) is 3.74. The van der Waals surface area contributed by atoms with E-state index >= 15 is 0 Å². The van der Waals surface area contributed by atoms with Gasteiger partial charge in [0.25, 0.3) is 5.69 Å². The lowest BCUT2D eigenvalue weighted by atomic mass is 9.95. The molecule has 0 heterocycles. The van der Waals surface area contributed by atoms with Crippen molar-refractivity contribution in [2.24, 2.45) is 5.10 Å². The molecule has 0 saturated carbocycles. The predicted molar refractivity (Wildman–Crippen MR) is 97.4 cm³/mol. The molecule has 9 heteroatoms. The Kier molecular flexibility index (Phi) is 5.63. The maximum atomic E-state index is 11.2. The Morgan fingerprint density at radius 3 is 2.27 bits per heavy atom. The number of anilines is 1. The number of ether oxygens (including phenoxy) is 1. The Bertz CT molecular complexity index is 849. The first-order valence-electron chi connectivity index (χ1n) is 7.64. The molecule has 2 rings (SSSR count). The molecule has 0 unspecified atom stereocenters. The van der Waals surface area contributed by atoms with Gasteiger partial charge in [0.1, 0.15) is 11.3 Å². The van der Waals surface area contributed by atoms with Crippen molar-refractivity contribution in [2.45, 2.75) is 19.4 Å². The van der Waals surface area contributed by atoms with Gasteiger partial charge < -0.3 is 4.74 Å². The molecule has 0 aliphatic carbocycles. The lowest BCUT2D eigenvalue weighted by molar-refractivity contribution is -0.393. The summed E-state index contributed by atoms with van der Waals surface area (Å²) in [7, 11) is 1.53. The van der Waals surface area contributed by atoms with E-state index in [1.807, 2.05) is 44.2 Å². The van der Waals surface area contributed by atoms with Gasteiger partial charge in [0.15, 0.2) is 0 Å². The van der Waals surface area contributed by atoms with E-state index in [4.69, 9.17) is 4.74 Å². The number of nitrogens with one attached hydrogen (secondary N) is 1. The van der Waals surface area contributed by atoms with Crippen molar-refractivity contribution in [3.8, 4) is 0 Å². The zero-order valence-corrected chi connectivity index (χ0v) is 14.5. The number of hydrogen-bond donors (Lipinski definition) is 1. The molecule has 0 atom stereocenters. The van der Waals surface area contributed by atoms with Crippen LogP contribution >= 0.6 is 0 Å². The Labute approximate surface area is 149 Å². The number of nitrogens with zero attached hydrogens (tertiary/aromatic N) is 3. The minimum Gasteiger partial charge on any atom is -0.372 e. The van der Waals surface area contributed by atoms with Gasteiger partial charge in [0, 0.05) is 18.7 Å².